The van der Waals surface area contributed by atoms with E-state index in [0.717, 1.165) is 0 Å². The summed E-state index contributed by atoms with van der Waals surface area (Å²) in [6.07, 6.45) is 1.86. The van der Waals surface area contributed by atoms with Crippen molar-refractivity contribution in [3.8, 4) is 0 Å². The Bertz CT molecular complexity index is 1030. The lowest BCUT2D eigenvalue weighted by molar-refractivity contribution is -0.119. The van der Waals surface area contributed by atoms with Gasteiger partial charge in [0.15, 0.2) is 5.78 Å². The number of rotatable bonds is 2. The van der Waals surface area contributed by atoms with Gasteiger partial charge < -0.3 is 0 Å². The van der Waals surface area contributed by atoms with Crippen molar-refractivity contribution in [1.82, 2.24) is 0 Å². The Morgan fingerprint density at radius 2 is 1.71 bits per heavy atom. The van der Waals surface area contributed by atoms with E-state index in [1.807, 2.05) is 6.07 Å². The van der Waals surface area contributed by atoms with E-state index in [1.165, 1.54) is 0 Å². The molecule has 2 aromatic carbocycles. The fraction of sp³-hybridized carbons (Fsp3) is 0.238. The highest BCUT2D eigenvalue weighted by Gasteiger charge is 2.41. The van der Waals surface area contributed by atoms with E-state index in [-0.39, 0.29) is 18.1 Å². The number of anilines is 1. The van der Waals surface area contributed by atoms with Gasteiger partial charge >= 0.3 is 0 Å². The standard InChI is InChI=1S/C21H15Cl4NO2/c22-11-7-8-16(15(24)9-11)26-17-5-2-6-18(27)20(17)13(10-19(26)28)12-3-1-4-14(23)21(12)25/h1,3-4,7-9,13H,2,5-6,10H2. The van der Waals surface area contributed by atoms with Gasteiger partial charge in [-0.15, -0.1) is 0 Å². The lowest BCUT2D eigenvalue weighted by Gasteiger charge is -2.38. The van der Waals surface area contributed by atoms with Gasteiger partial charge in [0.2, 0.25) is 5.91 Å². The van der Waals surface area contributed by atoms with Gasteiger partial charge in [-0.3, -0.25) is 14.5 Å². The number of Topliss-reactive ketones (excluding diaryl/α,β-unsaturated/α-hetero) is 1. The molecule has 1 unspecified atom stereocenters. The fourth-order valence-corrected chi connectivity index (χ4v) is 4.92. The third-order valence-corrected chi connectivity index (χ3v) is 6.55. The number of carbonyl (C=O) groups excluding carboxylic acids is 2. The number of ketones is 1. The number of hydrogen-bond donors (Lipinski definition) is 0. The van der Waals surface area contributed by atoms with Crippen molar-refractivity contribution in [2.45, 2.75) is 31.6 Å². The minimum atomic E-state index is -0.413. The molecule has 1 aliphatic carbocycles. The van der Waals surface area contributed by atoms with Crippen LogP contribution in [0.5, 0.6) is 0 Å². The van der Waals surface area contributed by atoms with E-state index >= 15 is 0 Å². The van der Waals surface area contributed by atoms with Crippen molar-refractivity contribution in [3.05, 3.63) is 73.3 Å². The van der Waals surface area contributed by atoms with Crippen LogP contribution < -0.4 is 4.90 Å². The molecule has 0 bridgehead atoms. The molecule has 3 nitrogen and oxygen atoms in total. The summed E-state index contributed by atoms with van der Waals surface area (Å²) < 4.78 is 0. The smallest absolute Gasteiger partial charge is 0.232 e. The van der Waals surface area contributed by atoms with Gasteiger partial charge in [-0.25, -0.2) is 0 Å². The molecule has 0 spiro atoms. The summed E-state index contributed by atoms with van der Waals surface area (Å²) in [6, 6.07) is 10.3. The number of halogens is 4. The Kier molecular flexibility index (Phi) is 5.45. The van der Waals surface area contributed by atoms with Crippen LogP contribution in [-0.4, -0.2) is 11.7 Å². The maximum Gasteiger partial charge on any atom is 0.232 e. The highest BCUT2D eigenvalue weighted by molar-refractivity contribution is 6.42. The minimum absolute atomic E-state index is 0.0323. The predicted molar refractivity (Wildman–Crippen MR) is 114 cm³/mol. The Hall–Kier alpha value is -1.52. The van der Waals surface area contributed by atoms with Crippen molar-refractivity contribution >= 4 is 63.8 Å². The van der Waals surface area contributed by atoms with Crippen LogP contribution in [0, 0.1) is 0 Å². The summed E-state index contributed by atoms with van der Waals surface area (Å²) in [7, 11) is 0. The number of hydrogen-bond acceptors (Lipinski definition) is 2. The van der Waals surface area contributed by atoms with E-state index in [4.69, 9.17) is 46.4 Å². The van der Waals surface area contributed by atoms with Gasteiger partial charge in [0.05, 0.1) is 20.8 Å². The van der Waals surface area contributed by atoms with Crippen molar-refractivity contribution in [2.75, 3.05) is 4.90 Å². The van der Waals surface area contributed by atoms with Crippen molar-refractivity contribution in [3.63, 3.8) is 0 Å². The zero-order chi connectivity index (χ0) is 20.0. The van der Waals surface area contributed by atoms with Crippen LogP contribution in [-0.2, 0) is 9.59 Å². The third-order valence-electron chi connectivity index (χ3n) is 5.18. The van der Waals surface area contributed by atoms with Crippen LogP contribution in [0.4, 0.5) is 5.69 Å². The lowest BCUT2D eigenvalue weighted by Crippen LogP contribution is -2.40. The van der Waals surface area contributed by atoms with Gasteiger partial charge in [-0.2, -0.15) is 0 Å². The largest absolute Gasteiger partial charge is 0.294 e. The second-order valence-electron chi connectivity index (χ2n) is 6.86. The topological polar surface area (TPSA) is 37.4 Å². The summed E-state index contributed by atoms with van der Waals surface area (Å²) in [4.78, 5) is 27.7. The molecule has 0 radical (unpaired) electrons. The van der Waals surface area contributed by atoms with Gasteiger partial charge in [0.1, 0.15) is 0 Å². The van der Waals surface area contributed by atoms with E-state index in [9.17, 15) is 9.59 Å². The number of carbonyl (C=O) groups is 2. The average Bonchev–Trinajstić information content (AvgIpc) is 2.65. The summed E-state index contributed by atoms with van der Waals surface area (Å²) >= 11 is 25.0. The van der Waals surface area contributed by atoms with E-state index < -0.39 is 5.92 Å². The third kappa shape index (κ3) is 3.35. The first-order valence-corrected chi connectivity index (χ1v) is 10.4. The van der Waals surface area contributed by atoms with Crippen LogP contribution in [0.2, 0.25) is 20.1 Å². The molecular weight excluding hydrogens is 440 g/mol. The minimum Gasteiger partial charge on any atom is -0.294 e. The van der Waals surface area contributed by atoms with Crippen molar-refractivity contribution in [2.24, 2.45) is 0 Å². The first-order valence-electron chi connectivity index (χ1n) is 8.86. The average molecular weight is 455 g/mol. The molecule has 0 saturated heterocycles. The zero-order valence-electron chi connectivity index (χ0n) is 14.6. The predicted octanol–water partition coefficient (Wildman–Crippen LogP) is 6.83. The summed E-state index contributed by atoms with van der Waals surface area (Å²) in [5, 5.41) is 1.63. The molecule has 0 aromatic heterocycles. The van der Waals surface area contributed by atoms with Crippen LogP contribution >= 0.6 is 46.4 Å². The van der Waals surface area contributed by atoms with E-state index in [0.29, 0.717) is 61.9 Å². The van der Waals surface area contributed by atoms with Crippen LogP contribution in [0.15, 0.2) is 47.7 Å². The van der Waals surface area contributed by atoms with Crippen LogP contribution in [0.25, 0.3) is 0 Å². The Morgan fingerprint density at radius 3 is 2.46 bits per heavy atom. The van der Waals surface area contributed by atoms with Gasteiger partial charge in [-0.05, 0) is 42.7 Å². The molecule has 0 N–H and O–H groups in total. The molecule has 2 aliphatic rings. The van der Waals surface area contributed by atoms with Crippen LogP contribution in [0.3, 0.4) is 0 Å². The Balaban J connectivity index is 1.91. The van der Waals surface area contributed by atoms with Gasteiger partial charge in [0.25, 0.3) is 0 Å². The summed E-state index contributed by atoms with van der Waals surface area (Å²) in [5.41, 5.74) is 2.56. The maximum atomic E-state index is 13.2. The Labute approximate surface area is 182 Å². The molecule has 1 aliphatic heterocycles. The number of amides is 1. The zero-order valence-corrected chi connectivity index (χ0v) is 17.7. The SMILES string of the molecule is O=C1CCCC2=C1C(c1cccc(Cl)c1Cl)CC(=O)N2c1ccc(Cl)cc1Cl. The van der Waals surface area contributed by atoms with Gasteiger partial charge in [0, 0.05) is 35.1 Å². The molecule has 28 heavy (non-hydrogen) atoms. The monoisotopic (exact) mass is 453 g/mol. The Morgan fingerprint density at radius 1 is 0.929 bits per heavy atom. The number of nitrogens with zero attached hydrogens (tertiary/aromatic N) is 1. The molecule has 4 rings (SSSR count). The molecule has 1 atom stereocenters. The molecule has 1 heterocycles. The van der Waals surface area contributed by atoms with Crippen molar-refractivity contribution in [1.29, 1.82) is 0 Å². The lowest BCUT2D eigenvalue weighted by atomic mass is 9.77. The first kappa shape index (κ1) is 19.8. The molecular formula is C21H15Cl4NO2. The van der Waals surface area contributed by atoms with E-state index in [2.05, 4.69) is 0 Å². The summed E-state index contributed by atoms with van der Waals surface area (Å²) in [6.45, 7) is 0. The number of allylic oxidation sites excluding steroid dienone is 2. The summed E-state index contributed by atoms with van der Waals surface area (Å²) in [5.74, 6) is -0.521. The quantitative estimate of drug-likeness (QED) is 0.498. The van der Waals surface area contributed by atoms with Crippen molar-refractivity contribution < 1.29 is 9.59 Å². The molecule has 1 amide bonds. The highest BCUT2D eigenvalue weighted by Crippen LogP contribution is 2.47. The maximum absolute atomic E-state index is 13.2. The molecule has 2 aromatic rings. The normalized spacial score (nSPS) is 19.9. The molecule has 7 heteroatoms. The molecule has 0 fully saturated rings. The highest BCUT2D eigenvalue weighted by atomic mass is 35.5. The fourth-order valence-electron chi connectivity index (χ4n) is 3.99. The first-order chi connectivity index (χ1) is 13.4. The molecule has 144 valence electrons. The number of benzene rings is 2. The second-order valence-corrected chi connectivity index (χ2v) is 8.49. The van der Waals surface area contributed by atoms with E-state index in [1.54, 1.807) is 35.2 Å². The molecule has 0 saturated carbocycles. The van der Waals surface area contributed by atoms with Crippen LogP contribution in [0.1, 0.15) is 37.2 Å². The second kappa shape index (κ2) is 7.72. The van der Waals surface area contributed by atoms with Gasteiger partial charge in [-0.1, -0.05) is 58.5 Å².